The Hall–Kier alpha value is -0.830. The van der Waals surface area contributed by atoms with E-state index in [-0.39, 0.29) is 29.3 Å². The molecule has 0 amide bonds. The van der Waals surface area contributed by atoms with E-state index in [1.807, 2.05) is 0 Å². The van der Waals surface area contributed by atoms with E-state index in [0.717, 1.165) is 37.5 Å². The molecule has 0 spiro atoms. The molecule has 1 fully saturated rings. The van der Waals surface area contributed by atoms with Crippen molar-refractivity contribution in [2.75, 3.05) is 6.54 Å². The highest BCUT2D eigenvalue weighted by molar-refractivity contribution is 7.89. The lowest BCUT2D eigenvalue weighted by molar-refractivity contribution is -0.137. The largest absolute Gasteiger partial charge is 0.416 e. The molecule has 9 heteroatoms. The van der Waals surface area contributed by atoms with Crippen molar-refractivity contribution in [3.63, 3.8) is 0 Å². The summed E-state index contributed by atoms with van der Waals surface area (Å²) >= 11 is 0. The number of nitrogens with two attached hydrogens (primary N) is 1. The van der Waals surface area contributed by atoms with Crippen molar-refractivity contribution in [3.8, 4) is 0 Å². The first-order valence-corrected chi connectivity index (χ1v) is 8.62. The smallest absolute Gasteiger partial charge is 0.330 e. The fraction of sp³-hybridized carbons (Fsp3) is 0.571. The summed E-state index contributed by atoms with van der Waals surface area (Å²) in [7, 11) is -3.99. The zero-order valence-corrected chi connectivity index (χ0v) is 14.0. The Bertz CT molecular complexity index is 623. The number of halogens is 4. The van der Waals surface area contributed by atoms with Gasteiger partial charge in [0, 0.05) is 6.04 Å². The van der Waals surface area contributed by atoms with Crippen molar-refractivity contribution in [2.24, 2.45) is 11.7 Å². The SMILES string of the molecule is Cl.NCC1CCCCC1NS(=O)(=O)c1cccc(C(F)(F)F)c1. The lowest BCUT2D eigenvalue weighted by Gasteiger charge is -2.31. The standard InChI is InChI=1S/C14H19F3N2O2S.ClH/c15-14(16,17)11-5-3-6-12(8-11)22(20,21)19-13-7-2-1-4-10(13)9-18;/h3,5-6,8,10,13,19H,1-2,4,7,9,18H2;1H. The van der Waals surface area contributed by atoms with Gasteiger partial charge >= 0.3 is 6.18 Å². The molecule has 1 aliphatic carbocycles. The van der Waals surface area contributed by atoms with Gasteiger partial charge in [0.2, 0.25) is 10.0 Å². The maximum absolute atomic E-state index is 12.7. The summed E-state index contributed by atoms with van der Waals surface area (Å²) in [5.74, 6) is 0.0225. The van der Waals surface area contributed by atoms with Crippen LogP contribution in [0.3, 0.4) is 0 Å². The van der Waals surface area contributed by atoms with Crippen LogP contribution in [0, 0.1) is 5.92 Å². The lowest BCUT2D eigenvalue weighted by atomic mass is 9.85. The summed E-state index contributed by atoms with van der Waals surface area (Å²) in [4.78, 5) is -0.372. The summed E-state index contributed by atoms with van der Waals surface area (Å²) in [6.07, 6.45) is -1.22. The minimum Gasteiger partial charge on any atom is -0.330 e. The van der Waals surface area contributed by atoms with Gasteiger partial charge in [0.05, 0.1) is 10.5 Å². The third-order valence-corrected chi connectivity index (χ3v) is 5.48. The Morgan fingerprint density at radius 2 is 1.87 bits per heavy atom. The summed E-state index contributed by atoms with van der Waals surface area (Å²) in [5, 5.41) is 0. The van der Waals surface area contributed by atoms with E-state index in [4.69, 9.17) is 5.73 Å². The lowest BCUT2D eigenvalue weighted by Crippen LogP contribution is -2.44. The van der Waals surface area contributed by atoms with E-state index in [9.17, 15) is 21.6 Å². The van der Waals surface area contributed by atoms with E-state index in [2.05, 4.69) is 4.72 Å². The van der Waals surface area contributed by atoms with Gasteiger partial charge in [-0.2, -0.15) is 13.2 Å². The Balaban J connectivity index is 0.00000264. The zero-order chi connectivity index (χ0) is 16.4. The average Bonchev–Trinajstić information content (AvgIpc) is 2.47. The number of benzene rings is 1. The molecule has 4 nitrogen and oxygen atoms in total. The molecule has 1 aromatic carbocycles. The first kappa shape index (κ1) is 20.2. The van der Waals surface area contributed by atoms with Gasteiger partial charge in [-0.1, -0.05) is 18.9 Å². The zero-order valence-electron chi connectivity index (χ0n) is 12.3. The van der Waals surface area contributed by atoms with Crippen molar-refractivity contribution in [3.05, 3.63) is 29.8 Å². The van der Waals surface area contributed by atoms with Crippen molar-refractivity contribution in [1.29, 1.82) is 0 Å². The van der Waals surface area contributed by atoms with Crippen molar-refractivity contribution in [1.82, 2.24) is 4.72 Å². The predicted octanol–water partition coefficient (Wildman–Crippen LogP) is 2.92. The Labute approximate surface area is 140 Å². The fourth-order valence-corrected chi connectivity index (χ4v) is 4.14. The molecule has 1 aromatic rings. The average molecular weight is 373 g/mol. The minimum absolute atomic E-state index is 0. The van der Waals surface area contributed by atoms with E-state index in [0.29, 0.717) is 19.0 Å². The van der Waals surface area contributed by atoms with Gasteiger partial charge in [0.25, 0.3) is 0 Å². The number of alkyl halides is 3. The highest BCUT2D eigenvalue weighted by Gasteiger charge is 2.33. The Kier molecular flexibility index (Phi) is 6.88. The molecule has 3 N–H and O–H groups in total. The maximum atomic E-state index is 12.7. The summed E-state index contributed by atoms with van der Waals surface area (Å²) in [5.41, 5.74) is 4.67. The summed E-state index contributed by atoms with van der Waals surface area (Å²) in [6, 6.07) is 3.44. The van der Waals surface area contributed by atoms with Crippen molar-refractivity contribution in [2.45, 2.75) is 42.8 Å². The van der Waals surface area contributed by atoms with Gasteiger partial charge in [-0.25, -0.2) is 13.1 Å². The highest BCUT2D eigenvalue weighted by Crippen LogP contribution is 2.31. The van der Waals surface area contributed by atoms with Gasteiger partial charge < -0.3 is 5.73 Å². The van der Waals surface area contributed by atoms with Gasteiger partial charge in [0.1, 0.15) is 0 Å². The minimum atomic E-state index is -4.57. The molecule has 0 aromatic heterocycles. The monoisotopic (exact) mass is 372 g/mol. The second-order valence-electron chi connectivity index (χ2n) is 5.53. The molecule has 0 radical (unpaired) electrons. The predicted molar refractivity (Wildman–Crippen MR) is 83.8 cm³/mol. The molecule has 0 heterocycles. The van der Waals surface area contributed by atoms with Crippen LogP contribution in [0.1, 0.15) is 31.2 Å². The third-order valence-electron chi connectivity index (χ3n) is 3.99. The van der Waals surface area contributed by atoms with E-state index >= 15 is 0 Å². The molecule has 0 aliphatic heterocycles. The van der Waals surface area contributed by atoms with E-state index in [1.54, 1.807) is 0 Å². The molecule has 1 saturated carbocycles. The highest BCUT2D eigenvalue weighted by atomic mass is 35.5. The second kappa shape index (κ2) is 7.83. The summed E-state index contributed by atoms with van der Waals surface area (Å²) in [6.45, 7) is 0.357. The molecular formula is C14H20ClF3N2O2S. The molecule has 2 unspecified atom stereocenters. The molecule has 1 aliphatic rings. The van der Waals surface area contributed by atoms with Gasteiger partial charge in [0.15, 0.2) is 0 Å². The van der Waals surface area contributed by atoms with Gasteiger partial charge in [-0.05, 0) is 43.5 Å². The van der Waals surface area contributed by atoms with E-state index in [1.165, 1.54) is 0 Å². The Morgan fingerprint density at radius 1 is 1.22 bits per heavy atom. The summed E-state index contributed by atoms with van der Waals surface area (Å²) < 4.78 is 65.3. The Morgan fingerprint density at radius 3 is 2.48 bits per heavy atom. The number of hydrogen-bond acceptors (Lipinski definition) is 3. The fourth-order valence-electron chi connectivity index (χ4n) is 2.75. The molecule has 0 saturated heterocycles. The first-order chi connectivity index (χ1) is 10.2. The number of nitrogens with one attached hydrogen (secondary N) is 1. The second-order valence-corrected chi connectivity index (χ2v) is 7.25. The number of sulfonamides is 1. The molecular weight excluding hydrogens is 353 g/mol. The van der Waals surface area contributed by atoms with Crippen LogP contribution < -0.4 is 10.5 Å². The molecule has 23 heavy (non-hydrogen) atoms. The van der Waals surface area contributed by atoms with Gasteiger partial charge in [-0.3, -0.25) is 0 Å². The quantitative estimate of drug-likeness (QED) is 0.853. The number of hydrogen-bond donors (Lipinski definition) is 2. The van der Waals surface area contributed by atoms with Crippen LogP contribution in [0.5, 0.6) is 0 Å². The maximum Gasteiger partial charge on any atom is 0.416 e. The molecule has 2 rings (SSSR count). The van der Waals surface area contributed by atoms with Crippen molar-refractivity contribution >= 4 is 22.4 Å². The molecule has 2 atom stereocenters. The van der Waals surface area contributed by atoms with Crippen LogP contribution in [-0.4, -0.2) is 21.0 Å². The first-order valence-electron chi connectivity index (χ1n) is 7.13. The number of rotatable bonds is 4. The normalized spacial score (nSPS) is 22.4. The third kappa shape index (κ3) is 5.07. The van der Waals surface area contributed by atoms with Crippen LogP contribution in [-0.2, 0) is 16.2 Å². The van der Waals surface area contributed by atoms with Crippen LogP contribution in [0.2, 0.25) is 0 Å². The van der Waals surface area contributed by atoms with E-state index < -0.39 is 21.8 Å². The van der Waals surface area contributed by atoms with Gasteiger partial charge in [-0.15, -0.1) is 12.4 Å². The topological polar surface area (TPSA) is 72.2 Å². The van der Waals surface area contributed by atoms with Crippen LogP contribution in [0.15, 0.2) is 29.2 Å². The molecule has 0 bridgehead atoms. The van der Waals surface area contributed by atoms with Crippen LogP contribution >= 0.6 is 12.4 Å². The van der Waals surface area contributed by atoms with Crippen molar-refractivity contribution < 1.29 is 21.6 Å². The van der Waals surface area contributed by atoms with Crippen LogP contribution in [0.25, 0.3) is 0 Å². The molecule has 132 valence electrons. The van der Waals surface area contributed by atoms with Crippen LogP contribution in [0.4, 0.5) is 13.2 Å².